The number of carbonyl (C=O) groups excluding carboxylic acids is 1. The van der Waals surface area contributed by atoms with Crippen molar-refractivity contribution in [1.82, 2.24) is 15.6 Å². The first-order valence-corrected chi connectivity index (χ1v) is 5.81. The van der Waals surface area contributed by atoms with Crippen LogP contribution in [-0.2, 0) is 4.79 Å². The third-order valence-electron chi connectivity index (χ3n) is 2.96. The summed E-state index contributed by atoms with van der Waals surface area (Å²) in [5.41, 5.74) is 0.753. The molecule has 2 atom stereocenters. The summed E-state index contributed by atoms with van der Waals surface area (Å²) < 4.78 is 13.0. The first-order valence-electron chi connectivity index (χ1n) is 5.81. The lowest BCUT2D eigenvalue weighted by Gasteiger charge is -2.26. The van der Waals surface area contributed by atoms with Crippen molar-refractivity contribution < 1.29 is 9.18 Å². The van der Waals surface area contributed by atoms with Crippen molar-refractivity contribution in [3.8, 4) is 0 Å². The van der Waals surface area contributed by atoms with Gasteiger partial charge >= 0.3 is 0 Å². The Balaban J connectivity index is 2.00. The van der Waals surface area contributed by atoms with Gasteiger partial charge < -0.3 is 5.32 Å². The number of hydrogen-bond donors (Lipinski definition) is 2. The van der Waals surface area contributed by atoms with Gasteiger partial charge in [0.15, 0.2) is 0 Å². The normalized spacial score (nSPS) is 22.0. The van der Waals surface area contributed by atoms with Crippen molar-refractivity contribution in [3.05, 3.63) is 29.8 Å². The number of amides is 1. The van der Waals surface area contributed by atoms with Crippen LogP contribution in [-0.4, -0.2) is 23.5 Å². The van der Waals surface area contributed by atoms with E-state index in [9.17, 15) is 9.18 Å². The fourth-order valence-corrected chi connectivity index (χ4v) is 1.99. The molecule has 2 heterocycles. The van der Waals surface area contributed by atoms with E-state index >= 15 is 0 Å². The van der Waals surface area contributed by atoms with Crippen molar-refractivity contribution in [2.45, 2.75) is 31.8 Å². The minimum Gasteiger partial charge on any atom is -0.355 e. The highest BCUT2D eigenvalue weighted by Gasteiger charge is 2.23. The molecule has 0 radical (unpaired) electrons. The van der Waals surface area contributed by atoms with Gasteiger partial charge in [-0.25, -0.2) is 4.39 Å². The molecule has 1 saturated heterocycles. The van der Waals surface area contributed by atoms with Crippen LogP contribution in [0.4, 0.5) is 4.39 Å². The van der Waals surface area contributed by atoms with E-state index in [0.29, 0.717) is 0 Å². The minimum atomic E-state index is -0.357. The topological polar surface area (TPSA) is 54.0 Å². The summed E-state index contributed by atoms with van der Waals surface area (Å²) >= 11 is 0. The van der Waals surface area contributed by atoms with E-state index in [1.54, 1.807) is 6.20 Å². The Hall–Kier alpha value is -1.49. The molecule has 5 heteroatoms. The van der Waals surface area contributed by atoms with Gasteiger partial charge in [-0.05, 0) is 31.4 Å². The largest absolute Gasteiger partial charge is 0.355 e. The molecule has 0 aliphatic carbocycles. The molecular formula is C12H16FN3O. The zero-order chi connectivity index (χ0) is 12.3. The van der Waals surface area contributed by atoms with Crippen LogP contribution in [0.2, 0.25) is 0 Å². The van der Waals surface area contributed by atoms with E-state index in [0.717, 1.165) is 24.9 Å². The number of pyridine rings is 1. The molecule has 0 aromatic carbocycles. The molecule has 1 fully saturated rings. The number of nitrogens with one attached hydrogen (secondary N) is 2. The molecular weight excluding hydrogens is 221 g/mol. The average Bonchev–Trinajstić information content (AvgIpc) is 2.32. The van der Waals surface area contributed by atoms with Crippen molar-refractivity contribution in [2.75, 3.05) is 6.54 Å². The Bertz CT molecular complexity index is 410. The van der Waals surface area contributed by atoms with Crippen LogP contribution < -0.4 is 10.6 Å². The molecule has 2 N–H and O–H groups in total. The molecule has 0 saturated carbocycles. The predicted molar refractivity (Wildman–Crippen MR) is 61.8 cm³/mol. The fourth-order valence-electron chi connectivity index (χ4n) is 1.99. The highest BCUT2D eigenvalue weighted by Crippen LogP contribution is 2.15. The number of hydrogen-bond acceptors (Lipinski definition) is 3. The van der Waals surface area contributed by atoms with Gasteiger partial charge in [0.1, 0.15) is 5.82 Å². The Kier molecular flexibility index (Phi) is 3.68. The van der Waals surface area contributed by atoms with Crippen LogP contribution in [0.15, 0.2) is 18.5 Å². The predicted octanol–water partition coefficient (Wildman–Crippen LogP) is 1.15. The van der Waals surface area contributed by atoms with Gasteiger partial charge in [-0.2, -0.15) is 0 Å². The SMILES string of the molecule is CC(NC1CCCNC1=O)c1cncc(F)c1. The van der Waals surface area contributed by atoms with E-state index in [2.05, 4.69) is 15.6 Å². The van der Waals surface area contributed by atoms with Crippen LogP contribution in [0.25, 0.3) is 0 Å². The minimum absolute atomic E-state index is 0.0208. The maximum Gasteiger partial charge on any atom is 0.237 e. The molecule has 17 heavy (non-hydrogen) atoms. The van der Waals surface area contributed by atoms with E-state index in [-0.39, 0.29) is 23.8 Å². The number of rotatable bonds is 3. The Labute approximate surface area is 99.6 Å². The van der Waals surface area contributed by atoms with E-state index in [1.807, 2.05) is 6.92 Å². The lowest BCUT2D eigenvalue weighted by molar-refractivity contribution is -0.124. The first kappa shape index (κ1) is 12.0. The van der Waals surface area contributed by atoms with Gasteiger partial charge in [-0.3, -0.25) is 15.1 Å². The smallest absolute Gasteiger partial charge is 0.237 e. The molecule has 1 aliphatic rings. The molecule has 0 spiro atoms. The quantitative estimate of drug-likeness (QED) is 0.829. The number of carbonyl (C=O) groups is 1. The summed E-state index contributed by atoms with van der Waals surface area (Å²) in [4.78, 5) is 15.4. The van der Waals surface area contributed by atoms with Crippen LogP contribution >= 0.6 is 0 Å². The number of halogens is 1. The summed E-state index contributed by atoms with van der Waals surface area (Å²) in [6.07, 6.45) is 4.57. The summed E-state index contributed by atoms with van der Waals surface area (Å²) in [5.74, 6) is -0.336. The van der Waals surface area contributed by atoms with Crippen LogP contribution in [0.5, 0.6) is 0 Å². The Morgan fingerprint density at radius 3 is 3.12 bits per heavy atom. The van der Waals surface area contributed by atoms with Crippen molar-refractivity contribution in [2.24, 2.45) is 0 Å². The van der Waals surface area contributed by atoms with E-state index in [1.165, 1.54) is 12.3 Å². The van der Waals surface area contributed by atoms with E-state index < -0.39 is 0 Å². The number of piperidine rings is 1. The van der Waals surface area contributed by atoms with Crippen LogP contribution in [0.3, 0.4) is 0 Å². The van der Waals surface area contributed by atoms with Crippen LogP contribution in [0, 0.1) is 5.82 Å². The Morgan fingerprint density at radius 1 is 1.59 bits per heavy atom. The van der Waals surface area contributed by atoms with Gasteiger partial charge in [0, 0.05) is 18.8 Å². The average molecular weight is 237 g/mol. The molecule has 1 amide bonds. The van der Waals surface area contributed by atoms with Crippen molar-refractivity contribution >= 4 is 5.91 Å². The van der Waals surface area contributed by atoms with E-state index in [4.69, 9.17) is 0 Å². The molecule has 92 valence electrons. The molecule has 4 nitrogen and oxygen atoms in total. The summed E-state index contributed by atoms with van der Waals surface area (Å²) in [6.45, 7) is 2.64. The third-order valence-corrected chi connectivity index (χ3v) is 2.96. The molecule has 1 aliphatic heterocycles. The zero-order valence-electron chi connectivity index (χ0n) is 9.74. The van der Waals surface area contributed by atoms with Gasteiger partial charge in [0.2, 0.25) is 5.91 Å². The molecule has 1 aromatic rings. The molecule has 2 rings (SSSR count). The molecule has 0 bridgehead atoms. The number of aromatic nitrogens is 1. The van der Waals surface area contributed by atoms with Gasteiger partial charge in [-0.15, -0.1) is 0 Å². The second kappa shape index (κ2) is 5.23. The monoisotopic (exact) mass is 237 g/mol. The standard InChI is InChI=1S/C12H16FN3O/c1-8(9-5-10(13)7-14-6-9)16-11-3-2-4-15-12(11)17/h5-8,11,16H,2-4H2,1H3,(H,15,17). The first-order chi connectivity index (χ1) is 8.16. The van der Waals surface area contributed by atoms with Crippen molar-refractivity contribution in [3.63, 3.8) is 0 Å². The summed E-state index contributed by atoms with van der Waals surface area (Å²) in [7, 11) is 0. The van der Waals surface area contributed by atoms with Gasteiger partial charge in [0.25, 0.3) is 0 Å². The highest BCUT2D eigenvalue weighted by molar-refractivity contribution is 5.82. The maximum atomic E-state index is 13.0. The van der Waals surface area contributed by atoms with Gasteiger partial charge in [0.05, 0.1) is 12.2 Å². The maximum absolute atomic E-state index is 13.0. The highest BCUT2D eigenvalue weighted by atomic mass is 19.1. The fraction of sp³-hybridized carbons (Fsp3) is 0.500. The third kappa shape index (κ3) is 3.00. The second-order valence-electron chi connectivity index (χ2n) is 4.31. The summed E-state index contributed by atoms with van der Waals surface area (Å²) in [5, 5.41) is 6.00. The molecule has 1 aromatic heterocycles. The summed E-state index contributed by atoms with van der Waals surface area (Å²) in [6, 6.07) is 1.15. The zero-order valence-corrected chi connectivity index (χ0v) is 9.74. The van der Waals surface area contributed by atoms with Crippen molar-refractivity contribution in [1.29, 1.82) is 0 Å². The second-order valence-corrected chi connectivity index (χ2v) is 4.31. The Morgan fingerprint density at radius 2 is 2.41 bits per heavy atom. The lowest BCUT2D eigenvalue weighted by atomic mass is 10.0. The van der Waals surface area contributed by atoms with Crippen LogP contribution in [0.1, 0.15) is 31.4 Å². The van der Waals surface area contributed by atoms with Gasteiger partial charge in [-0.1, -0.05) is 0 Å². The lowest BCUT2D eigenvalue weighted by Crippen LogP contribution is -2.48. The number of nitrogens with zero attached hydrogens (tertiary/aromatic N) is 1. The molecule has 2 unspecified atom stereocenters.